The van der Waals surface area contributed by atoms with E-state index in [9.17, 15) is 14.4 Å². The number of hydrogen-bond donors (Lipinski definition) is 0. The van der Waals surface area contributed by atoms with Crippen LogP contribution in [0.2, 0.25) is 0 Å². The van der Waals surface area contributed by atoms with Crippen LogP contribution in [0.3, 0.4) is 0 Å². The van der Waals surface area contributed by atoms with Crippen molar-refractivity contribution >= 4 is 23.5 Å². The molecule has 0 spiro atoms. The summed E-state index contributed by atoms with van der Waals surface area (Å²) in [6.07, 6.45) is -0.102. The Bertz CT molecular complexity index is 765. The molecule has 2 unspecified atom stereocenters. The monoisotopic (exact) mass is 373 g/mol. The molecular weight excluding hydrogens is 346 g/mol. The second kappa shape index (κ2) is 6.36. The van der Waals surface area contributed by atoms with Crippen molar-refractivity contribution < 1.29 is 23.9 Å². The van der Waals surface area contributed by atoms with Crippen molar-refractivity contribution in [1.82, 2.24) is 0 Å². The van der Waals surface area contributed by atoms with E-state index in [-0.39, 0.29) is 5.91 Å². The van der Waals surface area contributed by atoms with Gasteiger partial charge in [0.2, 0.25) is 0 Å². The van der Waals surface area contributed by atoms with Gasteiger partial charge in [-0.25, -0.2) is 0 Å². The molecule has 0 radical (unpaired) electrons. The minimum Gasteiger partial charge on any atom is -0.459 e. The molecule has 1 aliphatic heterocycles. The first kappa shape index (κ1) is 19.4. The average Bonchev–Trinajstić information content (AvgIpc) is 3.00. The van der Waals surface area contributed by atoms with Gasteiger partial charge in [-0.2, -0.15) is 0 Å². The quantitative estimate of drug-likeness (QED) is 0.599. The van der Waals surface area contributed by atoms with Gasteiger partial charge in [0.1, 0.15) is 5.60 Å². The van der Waals surface area contributed by atoms with E-state index >= 15 is 0 Å². The summed E-state index contributed by atoms with van der Waals surface area (Å²) < 4.78 is 11.0. The molecule has 1 heterocycles. The lowest BCUT2D eigenvalue weighted by Crippen LogP contribution is -2.41. The first-order valence-electron chi connectivity index (χ1n) is 9.29. The fourth-order valence-electron chi connectivity index (χ4n) is 3.62. The average molecular weight is 373 g/mol. The summed E-state index contributed by atoms with van der Waals surface area (Å²) in [5.41, 5.74) is -1.81. The number of carbonyl (C=O) groups excluding carboxylic acids is 3. The zero-order chi connectivity index (χ0) is 20.0. The Morgan fingerprint density at radius 2 is 1.70 bits per heavy atom. The summed E-state index contributed by atoms with van der Waals surface area (Å²) in [6, 6.07) is 9.27. The van der Waals surface area contributed by atoms with Crippen molar-refractivity contribution in [3.05, 3.63) is 30.3 Å². The highest BCUT2D eigenvalue weighted by molar-refractivity contribution is 6.06. The first-order chi connectivity index (χ1) is 12.5. The van der Waals surface area contributed by atoms with E-state index < -0.39 is 34.5 Å². The highest BCUT2D eigenvalue weighted by Gasteiger charge is 2.74. The smallest absolute Gasteiger partial charge is 0.324 e. The van der Waals surface area contributed by atoms with E-state index in [1.54, 1.807) is 25.7 Å². The molecular formula is C21H27NO5. The van der Waals surface area contributed by atoms with Crippen molar-refractivity contribution in [2.75, 3.05) is 11.4 Å². The number of hydrogen-bond acceptors (Lipinski definition) is 5. The van der Waals surface area contributed by atoms with Gasteiger partial charge in [-0.1, -0.05) is 32.0 Å². The standard InChI is InChI=1S/C21H27NO5/c1-19(2,3)27-18(25)21(13-20(21,4)5)17(24)26-15-11-12-22(16(15)23)14-9-7-6-8-10-14/h6-10,15H,11-13H2,1-5H3. The van der Waals surface area contributed by atoms with E-state index in [4.69, 9.17) is 9.47 Å². The van der Waals surface area contributed by atoms with Gasteiger partial charge in [0.15, 0.2) is 11.5 Å². The second-order valence-corrected chi connectivity index (χ2v) is 8.98. The van der Waals surface area contributed by atoms with Gasteiger partial charge in [-0.3, -0.25) is 14.4 Å². The van der Waals surface area contributed by atoms with Crippen molar-refractivity contribution in [3.8, 4) is 0 Å². The molecule has 2 fully saturated rings. The Kier molecular flexibility index (Phi) is 4.57. The molecule has 1 aromatic rings. The highest BCUT2D eigenvalue weighted by atomic mass is 16.6. The van der Waals surface area contributed by atoms with Crippen molar-refractivity contribution in [3.63, 3.8) is 0 Å². The SMILES string of the molecule is CC(C)(C)OC(=O)C1(C(=O)OC2CCN(c3ccccc3)C2=O)CC1(C)C. The lowest BCUT2D eigenvalue weighted by atomic mass is 9.95. The lowest BCUT2D eigenvalue weighted by molar-refractivity contribution is -0.177. The Balaban J connectivity index is 1.73. The summed E-state index contributed by atoms with van der Waals surface area (Å²) in [5.74, 6) is -1.49. The fraction of sp³-hybridized carbons (Fsp3) is 0.571. The fourth-order valence-corrected chi connectivity index (χ4v) is 3.62. The number of anilines is 1. The maximum Gasteiger partial charge on any atom is 0.324 e. The van der Waals surface area contributed by atoms with Gasteiger partial charge in [0, 0.05) is 18.7 Å². The van der Waals surface area contributed by atoms with Crippen LogP contribution < -0.4 is 4.90 Å². The van der Waals surface area contributed by atoms with Crippen LogP contribution in [0.25, 0.3) is 0 Å². The van der Waals surface area contributed by atoms with Crippen molar-refractivity contribution in [2.45, 2.75) is 59.2 Å². The lowest BCUT2D eigenvalue weighted by Gasteiger charge is -2.25. The van der Waals surface area contributed by atoms with E-state index in [1.807, 2.05) is 44.2 Å². The zero-order valence-electron chi connectivity index (χ0n) is 16.6. The number of carbonyl (C=O) groups is 3. The molecule has 2 atom stereocenters. The van der Waals surface area contributed by atoms with Crippen molar-refractivity contribution in [1.29, 1.82) is 0 Å². The Morgan fingerprint density at radius 1 is 1.11 bits per heavy atom. The van der Waals surface area contributed by atoms with E-state index in [2.05, 4.69) is 0 Å². The Hall–Kier alpha value is -2.37. The zero-order valence-corrected chi connectivity index (χ0v) is 16.6. The summed E-state index contributed by atoms with van der Waals surface area (Å²) in [6.45, 7) is 9.44. The summed E-state index contributed by atoms with van der Waals surface area (Å²) >= 11 is 0. The van der Waals surface area contributed by atoms with Crippen LogP contribution in [0.1, 0.15) is 47.5 Å². The number of ether oxygens (including phenoxy) is 2. The summed E-state index contributed by atoms with van der Waals surface area (Å²) in [4.78, 5) is 39.9. The predicted octanol–water partition coefficient (Wildman–Crippen LogP) is 3.09. The number of rotatable bonds is 4. The van der Waals surface area contributed by atoms with Gasteiger partial charge < -0.3 is 14.4 Å². The molecule has 6 heteroatoms. The molecule has 1 saturated carbocycles. The van der Waals surface area contributed by atoms with Crippen LogP contribution in [0.5, 0.6) is 0 Å². The van der Waals surface area contributed by atoms with Gasteiger partial charge in [-0.15, -0.1) is 0 Å². The van der Waals surface area contributed by atoms with Crippen LogP contribution >= 0.6 is 0 Å². The topological polar surface area (TPSA) is 72.9 Å². The van der Waals surface area contributed by atoms with E-state index in [0.29, 0.717) is 19.4 Å². The highest BCUT2D eigenvalue weighted by Crippen LogP contribution is 2.65. The van der Waals surface area contributed by atoms with E-state index in [1.165, 1.54) is 0 Å². The van der Waals surface area contributed by atoms with Crippen LogP contribution in [0.4, 0.5) is 5.69 Å². The minimum absolute atomic E-state index is 0.257. The third kappa shape index (κ3) is 3.45. The molecule has 0 aromatic heterocycles. The van der Waals surface area contributed by atoms with E-state index in [0.717, 1.165) is 5.69 Å². The first-order valence-corrected chi connectivity index (χ1v) is 9.29. The van der Waals surface area contributed by atoms with Crippen LogP contribution in [0.15, 0.2) is 30.3 Å². The summed E-state index contributed by atoms with van der Waals surface area (Å²) in [7, 11) is 0. The van der Waals surface area contributed by atoms with Crippen LogP contribution in [-0.2, 0) is 23.9 Å². The molecule has 27 heavy (non-hydrogen) atoms. The molecule has 146 valence electrons. The number of benzene rings is 1. The normalized spacial score (nSPS) is 26.6. The molecule has 1 aliphatic carbocycles. The summed E-state index contributed by atoms with van der Waals surface area (Å²) in [5, 5.41) is 0. The second-order valence-electron chi connectivity index (χ2n) is 8.98. The Morgan fingerprint density at radius 3 is 2.22 bits per heavy atom. The molecule has 0 bridgehead atoms. The molecule has 1 aromatic carbocycles. The third-order valence-electron chi connectivity index (χ3n) is 5.31. The molecule has 1 amide bonds. The van der Waals surface area contributed by atoms with Crippen LogP contribution in [-0.4, -0.2) is 36.1 Å². The van der Waals surface area contributed by atoms with Gasteiger partial charge >= 0.3 is 11.9 Å². The third-order valence-corrected chi connectivity index (χ3v) is 5.31. The number of esters is 2. The molecule has 2 aliphatic rings. The Labute approximate surface area is 159 Å². The number of para-hydroxylation sites is 1. The van der Waals surface area contributed by atoms with Gasteiger partial charge in [0.05, 0.1) is 0 Å². The number of amides is 1. The van der Waals surface area contributed by atoms with Crippen molar-refractivity contribution in [2.24, 2.45) is 10.8 Å². The predicted molar refractivity (Wildman–Crippen MR) is 100.0 cm³/mol. The van der Waals surface area contributed by atoms with Gasteiger partial charge in [-0.05, 0) is 44.7 Å². The maximum absolute atomic E-state index is 12.9. The van der Waals surface area contributed by atoms with Crippen LogP contribution in [0, 0.1) is 10.8 Å². The molecule has 0 N–H and O–H groups in total. The molecule has 3 rings (SSSR count). The molecule has 6 nitrogen and oxygen atoms in total. The largest absolute Gasteiger partial charge is 0.459 e. The molecule has 1 saturated heterocycles. The minimum atomic E-state index is -1.33. The van der Waals surface area contributed by atoms with Gasteiger partial charge in [0.25, 0.3) is 5.91 Å². The number of nitrogens with zero attached hydrogens (tertiary/aromatic N) is 1. The maximum atomic E-state index is 12.9.